The zero-order chi connectivity index (χ0) is 11.5. The Bertz CT molecular complexity index is 410. The highest BCUT2D eigenvalue weighted by Gasteiger charge is 2.31. The molecule has 0 unspecified atom stereocenters. The first-order valence-corrected chi connectivity index (χ1v) is 3.59. The number of hydrogen-bond acceptors (Lipinski definition) is 4. The molecule has 0 bridgehead atoms. The fraction of sp³-hybridized carbons (Fsp3) is 0.125. The molecule has 0 amide bonds. The third-order valence-corrected chi connectivity index (χ3v) is 1.35. The van der Waals surface area contributed by atoms with Gasteiger partial charge in [-0.15, -0.1) is 13.2 Å². The first-order valence-electron chi connectivity index (χ1n) is 3.59. The standard InChI is InChI=1S/C8H4F3NO3/c9-8(10,11)15-5-1-2-7(14)6(3-5)12-4-13/h1-3,14H. The third-order valence-electron chi connectivity index (χ3n) is 1.35. The molecular formula is C8H4F3NO3. The summed E-state index contributed by atoms with van der Waals surface area (Å²) in [7, 11) is 0. The van der Waals surface area contributed by atoms with Crippen molar-refractivity contribution >= 4 is 11.8 Å². The Hall–Kier alpha value is -2.01. The molecule has 0 atom stereocenters. The summed E-state index contributed by atoms with van der Waals surface area (Å²) in [4.78, 5) is 12.9. The van der Waals surface area contributed by atoms with Crippen LogP contribution in [0.15, 0.2) is 23.2 Å². The summed E-state index contributed by atoms with van der Waals surface area (Å²) in [5.41, 5.74) is -0.341. The zero-order valence-corrected chi connectivity index (χ0v) is 7.08. The van der Waals surface area contributed by atoms with Gasteiger partial charge in [-0.05, 0) is 12.1 Å². The number of isocyanates is 1. The van der Waals surface area contributed by atoms with Crippen molar-refractivity contribution in [2.45, 2.75) is 6.36 Å². The van der Waals surface area contributed by atoms with E-state index >= 15 is 0 Å². The lowest BCUT2D eigenvalue weighted by molar-refractivity contribution is -0.274. The van der Waals surface area contributed by atoms with Crippen LogP contribution < -0.4 is 4.74 Å². The van der Waals surface area contributed by atoms with Crippen molar-refractivity contribution < 1.29 is 27.8 Å². The summed E-state index contributed by atoms with van der Waals surface area (Å²) in [5, 5.41) is 9.05. The summed E-state index contributed by atoms with van der Waals surface area (Å²) < 4.78 is 38.8. The van der Waals surface area contributed by atoms with Gasteiger partial charge in [-0.2, -0.15) is 4.99 Å². The van der Waals surface area contributed by atoms with Gasteiger partial charge in [0.15, 0.2) is 0 Å². The molecule has 0 spiro atoms. The van der Waals surface area contributed by atoms with E-state index in [4.69, 9.17) is 5.11 Å². The van der Waals surface area contributed by atoms with E-state index in [0.717, 1.165) is 24.3 Å². The first-order chi connectivity index (χ1) is 6.92. The number of benzene rings is 1. The number of phenolic OH excluding ortho intramolecular Hbond substituents is 1. The minimum absolute atomic E-state index is 0.341. The number of phenols is 1. The van der Waals surface area contributed by atoms with Gasteiger partial charge in [-0.3, -0.25) is 0 Å². The maximum atomic E-state index is 11.8. The van der Waals surface area contributed by atoms with Crippen LogP contribution in [0.5, 0.6) is 11.5 Å². The maximum Gasteiger partial charge on any atom is 0.573 e. The molecule has 0 aliphatic heterocycles. The highest BCUT2D eigenvalue weighted by atomic mass is 19.4. The molecule has 4 nitrogen and oxygen atoms in total. The van der Waals surface area contributed by atoms with Crippen molar-refractivity contribution in [3.05, 3.63) is 18.2 Å². The molecule has 1 aromatic carbocycles. The number of rotatable bonds is 2. The van der Waals surface area contributed by atoms with E-state index in [1.54, 1.807) is 0 Å². The average molecular weight is 219 g/mol. The van der Waals surface area contributed by atoms with E-state index in [-0.39, 0.29) is 5.69 Å². The van der Waals surface area contributed by atoms with Crippen LogP contribution in [0.2, 0.25) is 0 Å². The summed E-state index contributed by atoms with van der Waals surface area (Å²) in [6, 6.07) is 2.59. The molecule has 0 aromatic heterocycles. The number of carbonyl (C=O) groups excluding carboxylic acids is 1. The second kappa shape index (κ2) is 4.02. The van der Waals surface area contributed by atoms with Gasteiger partial charge < -0.3 is 9.84 Å². The Kier molecular flexibility index (Phi) is 2.96. The number of aliphatic imine (C=N–C) groups is 1. The lowest BCUT2D eigenvalue weighted by atomic mass is 10.3. The van der Waals surface area contributed by atoms with Gasteiger partial charge in [-0.1, -0.05) is 0 Å². The molecule has 0 aliphatic rings. The monoisotopic (exact) mass is 219 g/mol. The molecule has 15 heavy (non-hydrogen) atoms. The van der Waals surface area contributed by atoms with Crippen molar-refractivity contribution in [2.75, 3.05) is 0 Å². The molecule has 80 valence electrons. The number of hydrogen-bond donors (Lipinski definition) is 1. The van der Waals surface area contributed by atoms with Crippen LogP contribution >= 0.6 is 0 Å². The Morgan fingerprint density at radius 1 is 1.40 bits per heavy atom. The van der Waals surface area contributed by atoms with Gasteiger partial charge in [0.25, 0.3) is 0 Å². The van der Waals surface area contributed by atoms with Crippen molar-refractivity contribution in [2.24, 2.45) is 4.99 Å². The Balaban J connectivity index is 3.02. The molecular weight excluding hydrogens is 215 g/mol. The fourth-order valence-electron chi connectivity index (χ4n) is 0.839. The van der Waals surface area contributed by atoms with Gasteiger partial charge in [0.05, 0.1) is 0 Å². The number of ether oxygens (including phenoxy) is 1. The average Bonchev–Trinajstić information content (AvgIpc) is 2.09. The molecule has 1 aromatic rings. The second-order valence-electron chi connectivity index (χ2n) is 2.40. The van der Waals surface area contributed by atoms with Gasteiger partial charge in [-0.25, -0.2) is 4.79 Å². The quantitative estimate of drug-likeness (QED) is 0.613. The van der Waals surface area contributed by atoms with Crippen LogP contribution in [0.3, 0.4) is 0 Å². The van der Waals surface area contributed by atoms with Crippen molar-refractivity contribution in [3.63, 3.8) is 0 Å². The molecule has 0 fully saturated rings. The second-order valence-corrected chi connectivity index (χ2v) is 2.40. The molecule has 0 aliphatic carbocycles. The first kappa shape index (κ1) is 11.1. The Morgan fingerprint density at radius 2 is 2.07 bits per heavy atom. The van der Waals surface area contributed by atoms with E-state index < -0.39 is 17.9 Å². The number of halogens is 3. The molecule has 1 rings (SSSR count). The van der Waals surface area contributed by atoms with E-state index in [1.807, 2.05) is 0 Å². The predicted octanol–water partition coefficient (Wildman–Crippen LogP) is 2.26. The van der Waals surface area contributed by atoms with Crippen LogP contribution in [0, 0.1) is 0 Å². The number of alkyl halides is 3. The molecule has 0 heterocycles. The summed E-state index contributed by atoms with van der Waals surface area (Å²) in [6.45, 7) is 0. The smallest absolute Gasteiger partial charge is 0.506 e. The van der Waals surface area contributed by atoms with E-state index in [0.29, 0.717) is 0 Å². The number of aromatic hydroxyl groups is 1. The van der Waals surface area contributed by atoms with Crippen LogP contribution in [0.4, 0.5) is 18.9 Å². The van der Waals surface area contributed by atoms with Crippen LogP contribution in [-0.4, -0.2) is 17.5 Å². The van der Waals surface area contributed by atoms with Gasteiger partial charge in [0.1, 0.15) is 17.2 Å². The molecule has 7 heteroatoms. The normalized spacial score (nSPS) is 10.6. The minimum Gasteiger partial charge on any atom is -0.506 e. The topological polar surface area (TPSA) is 58.9 Å². The summed E-state index contributed by atoms with van der Waals surface area (Å²) >= 11 is 0. The highest BCUT2D eigenvalue weighted by Crippen LogP contribution is 2.32. The predicted molar refractivity (Wildman–Crippen MR) is 42.6 cm³/mol. The van der Waals surface area contributed by atoms with Crippen molar-refractivity contribution in [1.29, 1.82) is 0 Å². The molecule has 0 radical (unpaired) electrons. The van der Waals surface area contributed by atoms with E-state index in [1.165, 1.54) is 0 Å². The van der Waals surface area contributed by atoms with Gasteiger partial charge in [0, 0.05) is 6.07 Å². The number of nitrogens with zero attached hydrogens (tertiary/aromatic N) is 1. The Labute approximate surface area is 81.6 Å². The SMILES string of the molecule is O=C=Nc1cc(OC(F)(F)F)ccc1O. The lowest BCUT2D eigenvalue weighted by Crippen LogP contribution is -2.16. The highest BCUT2D eigenvalue weighted by molar-refractivity contribution is 5.59. The van der Waals surface area contributed by atoms with Crippen LogP contribution in [-0.2, 0) is 4.79 Å². The fourth-order valence-corrected chi connectivity index (χ4v) is 0.839. The largest absolute Gasteiger partial charge is 0.573 e. The minimum atomic E-state index is -4.83. The van der Waals surface area contributed by atoms with Gasteiger partial charge >= 0.3 is 6.36 Å². The lowest BCUT2D eigenvalue weighted by Gasteiger charge is -2.08. The summed E-state index contributed by atoms with van der Waals surface area (Å²) in [6.07, 6.45) is -3.74. The van der Waals surface area contributed by atoms with E-state index in [9.17, 15) is 18.0 Å². The summed E-state index contributed by atoms with van der Waals surface area (Å²) in [5.74, 6) is -1.01. The van der Waals surface area contributed by atoms with Crippen molar-refractivity contribution in [3.8, 4) is 11.5 Å². The Morgan fingerprint density at radius 3 is 2.60 bits per heavy atom. The van der Waals surface area contributed by atoms with E-state index in [2.05, 4.69) is 9.73 Å². The zero-order valence-electron chi connectivity index (χ0n) is 7.08. The van der Waals surface area contributed by atoms with Crippen LogP contribution in [0.25, 0.3) is 0 Å². The van der Waals surface area contributed by atoms with Gasteiger partial charge in [0.2, 0.25) is 6.08 Å². The molecule has 1 N–H and O–H groups in total. The van der Waals surface area contributed by atoms with Crippen molar-refractivity contribution in [1.82, 2.24) is 0 Å². The molecule has 0 saturated carbocycles. The third kappa shape index (κ3) is 3.32. The van der Waals surface area contributed by atoms with Crippen LogP contribution in [0.1, 0.15) is 0 Å². The maximum absolute atomic E-state index is 11.8. The molecule has 0 saturated heterocycles.